The molecular formula is C18H24N2O6. The van der Waals surface area contributed by atoms with Crippen molar-refractivity contribution in [3.63, 3.8) is 0 Å². The molecule has 142 valence electrons. The zero-order valence-electron chi connectivity index (χ0n) is 15.0. The molecule has 2 amide bonds. The number of hydrogen-bond donors (Lipinski definition) is 2. The van der Waals surface area contributed by atoms with Crippen molar-refractivity contribution in [3.05, 3.63) is 35.4 Å². The van der Waals surface area contributed by atoms with Gasteiger partial charge in [-0.2, -0.15) is 0 Å². The fourth-order valence-corrected chi connectivity index (χ4v) is 1.88. The van der Waals surface area contributed by atoms with Crippen molar-refractivity contribution < 1.29 is 28.7 Å². The molecule has 8 nitrogen and oxygen atoms in total. The zero-order chi connectivity index (χ0) is 19.4. The minimum Gasteiger partial charge on any atom is -0.461 e. The van der Waals surface area contributed by atoms with Crippen LogP contribution in [0.5, 0.6) is 0 Å². The van der Waals surface area contributed by atoms with Crippen LogP contribution in [-0.4, -0.2) is 36.8 Å². The first-order valence-electron chi connectivity index (χ1n) is 8.24. The Kier molecular flexibility index (Phi) is 9.45. The molecule has 1 rings (SSSR count). The van der Waals surface area contributed by atoms with Crippen molar-refractivity contribution in [2.24, 2.45) is 0 Å². The topological polar surface area (TPSA) is 111 Å². The summed E-state index contributed by atoms with van der Waals surface area (Å²) < 4.78 is 10.2. The fraction of sp³-hybridized carbons (Fsp3) is 0.444. The van der Waals surface area contributed by atoms with E-state index in [0.29, 0.717) is 0 Å². The van der Waals surface area contributed by atoms with Crippen molar-refractivity contribution in [3.8, 4) is 0 Å². The van der Waals surface area contributed by atoms with Crippen LogP contribution < -0.4 is 10.6 Å². The molecular weight excluding hydrogens is 340 g/mol. The third-order valence-corrected chi connectivity index (χ3v) is 3.23. The van der Waals surface area contributed by atoms with E-state index in [4.69, 9.17) is 9.47 Å². The molecule has 0 aliphatic heterocycles. The summed E-state index contributed by atoms with van der Waals surface area (Å²) in [5.74, 6) is -1.17. The molecule has 26 heavy (non-hydrogen) atoms. The Hall–Kier alpha value is -2.90. The van der Waals surface area contributed by atoms with Gasteiger partial charge < -0.3 is 20.1 Å². The van der Waals surface area contributed by atoms with Crippen LogP contribution in [-0.2, 0) is 41.9 Å². The molecule has 0 bridgehead atoms. The minimum atomic E-state index is -0.393. The van der Waals surface area contributed by atoms with Crippen LogP contribution in [0.1, 0.15) is 37.8 Å². The molecule has 0 radical (unpaired) electrons. The largest absolute Gasteiger partial charge is 0.461 e. The van der Waals surface area contributed by atoms with E-state index in [0.717, 1.165) is 11.1 Å². The normalized spacial score (nSPS) is 9.92. The second kappa shape index (κ2) is 11.6. The van der Waals surface area contributed by atoms with Gasteiger partial charge in [0, 0.05) is 26.9 Å². The van der Waals surface area contributed by atoms with Gasteiger partial charge in [-0.15, -0.1) is 0 Å². The second-order valence-electron chi connectivity index (χ2n) is 5.60. The van der Waals surface area contributed by atoms with E-state index < -0.39 is 11.9 Å². The number of hydrogen-bond acceptors (Lipinski definition) is 6. The Bertz CT molecular complexity index is 572. The summed E-state index contributed by atoms with van der Waals surface area (Å²) in [5.41, 5.74) is 1.61. The Morgan fingerprint density at radius 3 is 1.38 bits per heavy atom. The molecule has 0 spiro atoms. The molecule has 0 saturated heterocycles. The summed E-state index contributed by atoms with van der Waals surface area (Å²) in [7, 11) is 0. The smallest absolute Gasteiger partial charge is 0.307 e. The molecule has 2 N–H and O–H groups in total. The first-order valence-corrected chi connectivity index (χ1v) is 8.24. The van der Waals surface area contributed by atoms with Crippen LogP contribution in [0.25, 0.3) is 0 Å². The third-order valence-electron chi connectivity index (χ3n) is 3.23. The lowest BCUT2D eigenvalue weighted by Gasteiger charge is -2.08. The number of esters is 2. The van der Waals surface area contributed by atoms with Gasteiger partial charge in [-0.1, -0.05) is 24.3 Å². The van der Waals surface area contributed by atoms with Crippen molar-refractivity contribution in [2.45, 2.75) is 39.9 Å². The van der Waals surface area contributed by atoms with Crippen molar-refractivity contribution >= 4 is 23.8 Å². The van der Waals surface area contributed by atoms with Crippen LogP contribution in [0.3, 0.4) is 0 Å². The van der Waals surface area contributed by atoms with Gasteiger partial charge in [-0.05, 0) is 11.1 Å². The summed E-state index contributed by atoms with van der Waals surface area (Å²) >= 11 is 0. The Morgan fingerprint density at radius 1 is 0.731 bits per heavy atom. The lowest BCUT2D eigenvalue weighted by molar-refractivity contribution is -0.146. The summed E-state index contributed by atoms with van der Waals surface area (Å²) in [6.07, 6.45) is 0.234. The summed E-state index contributed by atoms with van der Waals surface area (Å²) in [6.45, 7) is 3.53. The van der Waals surface area contributed by atoms with Crippen molar-refractivity contribution in [1.82, 2.24) is 10.6 Å². The van der Waals surface area contributed by atoms with E-state index in [2.05, 4.69) is 10.6 Å². The monoisotopic (exact) mass is 364 g/mol. The molecule has 0 fully saturated rings. The second-order valence-corrected chi connectivity index (χ2v) is 5.60. The summed E-state index contributed by atoms with van der Waals surface area (Å²) in [5, 5.41) is 5.04. The molecule has 0 aromatic heterocycles. The zero-order valence-corrected chi connectivity index (χ0v) is 15.0. The van der Waals surface area contributed by atoms with Crippen LogP contribution in [0, 0.1) is 0 Å². The van der Waals surface area contributed by atoms with E-state index in [1.54, 1.807) is 24.3 Å². The van der Waals surface area contributed by atoms with E-state index in [-0.39, 0.29) is 51.0 Å². The molecule has 0 heterocycles. The number of ether oxygens (including phenoxy) is 2. The van der Waals surface area contributed by atoms with E-state index in [9.17, 15) is 19.2 Å². The van der Waals surface area contributed by atoms with Gasteiger partial charge >= 0.3 is 11.9 Å². The van der Waals surface area contributed by atoms with Crippen molar-refractivity contribution in [1.29, 1.82) is 0 Å². The molecule has 8 heteroatoms. The van der Waals surface area contributed by atoms with Gasteiger partial charge in [0.15, 0.2) is 0 Å². The number of carbonyl (C=O) groups is 4. The Labute approximate surface area is 152 Å². The maximum absolute atomic E-state index is 11.5. The number of rotatable bonds is 10. The molecule has 0 unspecified atom stereocenters. The minimum absolute atomic E-state index is 0.117. The lowest BCUT2D eigenvalue weighted by atomic mass is 10.1. The molecule has 0 aliphatic rings. The maximum atomic E-state index is 11.5. The molecule has 0 saturated carbocycles. The third kappa shape index (κ3) is 10.1. The van der Waals surface area contributed by atoms with E-state index >= 15 is 0 Å². The summed E-state index contributed by atoms with van der Waals surface area (Å²) in [6, 6.07) is 7.12. The first kappa shape index (κ1) is 21.1. The highest BCUT2D eigenvalue weighted by atomic mass is 16.5. The van der Waals surface area contributed by atoms with Gasteiger partial charge in [0.25, 0.3) is 0 Å². The van der Waals surface area contributed by atoms with Crippen LogP contribution in [0.2, 0.25) is 0 Å². The first-order chi connectivity index (χ1) is 12.4. The number of benzene rings is 1. The molecule has 1 aromatic carbocycles. The predicted molar refractivity (Wildman–Crippen MR) is 92.6 cm³/mol. The average Bonchev–Trinajstić information content (AvgIpc) is 2.58. The molecule has 0 atom stereocenters. The number of carbonyl (C=O) groups excluding carboxylic acids is 4. The molecule has 1 aromatic rings. The van der Waals surface area contributed by atoms with Crippen molar-refractivity contribution in [2.75, 3.05) is 13.1 Å². The SMILES string of the molecule is CC(=O)NCCC(=O)OCc1ccc(COC(=O)CCNC(C)=O)cc1. The standard InChI is InChI=1S/C18H24N2O6/c1-13(21)19-9-7-17(23)25-11-15-3-5-16(6-4-15)12-26-18(24)8-10-20-14(2)22/h3-6H,7-12H2,1-2H3,(H,19,21)(H,20,22). The Morgan fingerprint density at radius 2 is 1.08 bits per heavy atom. The number of nitrogens with one attached hydrogen (secondary N) is 2. The highest BCUT2D eigenvalue weighted by Crippen LogP contribution is 2.08. The van der Waals surface area contributed by atoms with Gasteiger partial charge in [-0.3, -0.25) is 19.2 Å². The van der Waals surface area contributed by atoms with Gasteiger partial charge in [0.1, 0.15) is 13.2 Å². The van der Waals surface area contributed by atoms with E-state index in [1.807, 2.05) is 0 Å². The van der Waals surface area contributed by atoms with Gasteiger partial charge in [0.2, 0.25) is 11.8 Å². The van der Waals surface area contributed by atoms with E-state index in [1.165, 1.54) is 13.8 Å². The number of amides is 2. The predicted octanol–water partition coefficient (Wildman–Crippen LogP) is 0.825. The lowest BCUT2D eigenvalue weighted by Crippen LogP contribution is -2.23. The molecule has 0 aliphatic carbocycles. The van der Waals surface area contributed by atoms with Gasteiger partial charge in [-0.25, -0.2) is 0 Å². The van der Waals surface area contributed by atoms with Crippen LogP contribution in [0.4, 0.5) is 0 Å². The fourth-order valence-electron chi connectivity index (χ4n) is 1.88. The quantitative estimate of drug-likeness (QED) is 0.595. The van der Waals surface area contributed by atoms with Crippen LogP contribution in [0.15, 0.2) is 24.3 Å². The Balaban J connectivity index is 2.26. The highest BCUT2D eigenvalue weighted by Gasteiger charge is 2.06. The highest BCUT2D eigenvalue weighted by molar-refractivity contribution is 5.75. The summed E-state index contributed by atoms with van der Waals surface area (Å²) in [4.78, 5) is 44.4. The van der Waals surface area contributed by atoms with Gasteiger partial charge in [0.05, 0.1) is 12.8 Å². The average molecular weight is 364 g/mol. The maximum Gasteiger partial charge on any atom is 0.307 e. The van der Waals surface area contributed by atoms with Crippen LogP contribution >= 0.6 is 0 Å².